The zero-order valence-electron chi connectivity index (χ0n) is 46.4. The van der Waals surface area contributed by atoms with E-state index in [1.165, 1.54) is 0 Å². The van der Waals surface area contributed by atoms with Crippen LogP contribution in [0.15, 0.2) is 156 Å². The molecule has 0 radical (unpaired) electrons. The van der Waals surface area contributed by atoms with Crippen LogP contribution in [0.3, 0.4) is 0 Å². The molecule has 0 bridgehead atoms. The lowest BCUT2D eigenvalue weighted by Crippen LogP contribution is -2.28. The zero-order valence-corrected chi connectivity index (χ0v) is 48.0. The summed E-state index contributed by atoms with van der Waals surface area (Å²) in [7, 11) is -8.36. The summed E-state index contributed by atoms with van der Waals surface area (Å²) in [5, 5.41) is 17.4. The third-order valence-corrected chi connectivity index (χ3v) is 16.4. The van der Waals surface area contributed by atoms with Gasteiger partial charge in [-0.1, -0.05) is 132 Å². The average molecular weight is 1110 g/mol. The van der Waals surface area contributed by atoms with Crippen LogP contribution in [0.5, 0.6) is 0 Å². The number of rotatable bonds is 25. The molecule has 6 N–H and O–H groups in total. The van der Waals surface area contributed by atoms with Gasteiger partial charge in [0.1, 0.15) is 0 Å². The van der Waals surface area contributed by atoms with Crippen LogP contribution in [-0.4, -0.2) is 82.0 Å². The van der Waals surface area contributed by atoms with Crippen molar-refractivity contribution in [1.82, 2.24) is 21.3 Å². The summed E-state index contributed by atoms with van der Waals surface area (Å²) in [4.78, 5) is 26.4. The Labute approximate surface area is 467 Å². The SMILES string of the molecule is C=C(C)C(=O)NCCCNCc1c2ccccc2c(CNCCCNC(=O)C(=C)C)c2cc(C#CC(=C\C=C3/N(CCCS(=O)(=O)O)c4ccccc4C3(C)C)/C=C/C3=C(CCCS(=O)(=O)O)c4ccccc4C3(C)C)ccc12. The molecule has 13 nitrogen and oxygen atoms in total. The van der Waals surface area contributed by atoms with E-state index in [0.717, 1.165) is 90.3 Å². The zero-order chi connectivity index (χ0) is 57.1. The number of hydrogen-bond donors (Lipinski definition) is 6. The lowest BCUT2D eigenvalue weighted by molar-refractivity contribution is -0.118. The van der Waals surface area contributed by atoms with Crippen LogP contribution in [0.1, 0.15) is 107 Å². The first-order chi connectivity index (χ1) is 37.5. The molecular formula is C64H75N5O8S2. The van der Waals surface area contributed by atoms with Crippen molar-refractivity contribution in [2.45, 2.75) is 97.6 Å². The number of fused-ring (bicyclic) bond motifs is 4. The number of hydrogen-bond acceptors (Lipinski definition) is 9. The van der Waals surface area contributed by atoms with Gasteiger partial charge in [-0.25, -0.2) is 0 Å². The molecule has 0 fully saturated rings. The number of anilines is 1. The molecule has 1 aliphatic carbocycles. The van der Waals surface area contributed by atoms with Gasteiger partial charge in [0.2, 0.25) is 11.8 Å². The second kappa shape index (κ2) is 25.9. The summed E-state index contributed by atoms with van der Waals surface area (Å²) >= 11 is 0. The van der Waals surface area contributed by atoms with Gasteiger partial charge in [-0.05, 0) is 156 Å². The summed E-state index contributed by atoms with van der Waals surface area (Å²) < 4.78 is 67.0. The number of carbonyl (C=O) groups excluding carboxylic acids is 2. The van der Waals surface area contributed by atoms with Crippen LogP contribution in [0.25, 0.3) is 27.1 Å². The predicted octanol–water partition coefficient (Wildman–Crippen LogP) is 10.5. The maximum atomic E-state index is 12.2. The van der Waals surface area contributed by atoms with Crippen molar-refractivity contribution < 1.29 is 35.5 Å². The first-order valence-corrected chi connectivity index (χ1v) is 30.2. The lowest BCUT2D eigenvalue weighted by atomic mass is 9.80. The van der Waals surface area contributed by atoms with E-state index >= 15 is 0 Å². The van der Waals surface area contributed by atoms with Crippen molar-refractivity contribution >= 4 is 64.9 Å². The minimum absolute atomic E-state index is 0.156. The minimum Gasteiger partial charge on any atom is -0.352 e. The van der Waals surface area contributed by atoms with E-state index in [2.05, 4.69) is 133 Å². The normalized spacial score (nSPS) is 15.4. The van der Waals surface area contributed by atoms with E-state index in [0.29, 0.717) is 69.0 Å². The third kappa shape index (κ3) is 15.1. The van der Waals surface area contributed by atoms with Gasteiger partial charge in [0.15, 0.2) is 0 Å². The fraction of sp³-hybridized carbons (Fsp3) is 0.344. The van der Waals surface area contributed by atoms with Crippen molar-refractivity contribution in [2.24, 2.45) is 0 Å². The van der Waals surface area contributed by atoms with E-state index < -0.39 is 31.1 Å². The van der Waals surface area contributed by atoms with Crippen molar-refractivity contribution in [3.8, 4) is 11.8 Å². The highest BCUT2D eigenvalue weighted by atomic mass is 32.2. The number of allylic oxidation sites excluding steroid dienone is 8. The molecule has 1 heterocycles. The molecule has 0 saturated heterocycles. The number of amides is 2. The summed E-state index contributed by atoms with van der Waals surface area (Å²) in [6.45, 7) is 23.3. The van der Waals surface area contributed by atoms with E-state index in [-0.39, 0.29) is 36.2 Å². The van der Waals surface area contributed by atoms with Gasteiger partial charge in [0, 0.05) is 77.2 Å². The lowest BCUT2D eigenvalue weighted by Gasteiger charge is -2.27. The molecule has 0 aromatic heterocycles. The standard InChI is InChI=1S/C64H75N5O8S2/c1-44(2)61(70)67-36-16-34-65-42-54-48-19-9-10-20-49(48)55(43-66-35-17-37-68-62(71)45(3)4)53-41-47(28-31-50(53)54)27-26-46(29-32-57-52(22-15-39-78(72,73)74)51-21-11-12-23-56(51)63(57,5)6)30-33-60-64(7,8)58-24-13-14-25-59(58)69(60)38-18-40-79(75,76)77/h9-14,19-21,23-25,28-33,41,65-66H,1,3,15-18,22,34-40,42-43H2,2,4-8H3,(H,67,70)(H,68,71)(H,72,73,74)(H,75,76,77)/b32-29+,46-30+,60-33-. The van der Waals surface area contributed by atoms with Crippen molar-refractivity contribution in [1.29, 1.82) is 0 Å². The second-order valence-electron chi connectivity index (χ2n) is 21.5. The maximum Gasteiger partial charge on any atom is 0.264 e. The Morgan fingerprint density at radius 2 is 1.20 bits per heavy atom. The van der Waals surface area contributed by atoms with Crippen molar-refractivity contribution in [3.63, 3.8) is 0 Å². The van der Waals surface area contributed by atoms with Crippen LogP contribution < -0.4 is 26.2 Å². The molecule has 79 heavy (non-hydrogen) atoms. The molecule has 0 unspecified atom stereocenters. The first kappa shape index (κ1) is 59.8. The summed E-state index contributed by atoms with van der Waals surface area (Å²) in [5.41, 5.74) is 10.9. The molecule has 0 saturated carbocycles. The fourth-order valence-corrected chi connectivity index (χ4v) is 11.8. The molecule has 0 spiro atoms. The van der Waals surface area contributed by atoms with Gasteiger partial charge in [-0.3, -0.25) is 18.7 Å². The van der Waals surface area contributed by atoms with Gasteiger partial charge in [0.25, 0.3) is 20.2 Å². The molecule has 5 aromatic carbocycles. The van der Waals surface area contributed by atoms with E-state index in [9.17, 15) is 35.5 Å². The molecule has 2 aliphatic rings. The predicted molar refractivity (Wildman–Crippen MR) is 322 cm³/mol. The summed E-state index contributed by atoms with van der Waals surface area (Å²) in [6.07, 6.45) is 10.4. The number of benzene rings is 5. The second-order valence-corrected chi connectivity index (χ2v) is 24.7. The van der Waals surface area contributed by atoms with Crippen LogP contribution in [0.2, 0.25) is 0 Å². The van der Waals surface area contributed by atoms with Gasteiger partial charge < -0.3 is 26.2 Å². The highest BCUT2D eigenvalue weighted by Crippen LogP contribution is 2.49. The van der Waals surface area contributed by atoms with Gasteiger partial charge in [0.05, 0.1) is 11.5 Å². The van der Waals surface area contributed by atoms with Gasteiger partial charge in [-0.15, -0.1) is 0 Å². The van der Waals surface area contributed by atoms with E-state index in [4.69, 9.17) is 0 Å². The molecule has 5 aromatic rings. The van der Waals surface area contributed by atoms with Crippen LogP contribution in [0.4, 0.5) is 5.69 Å². The smallest absolute Gasteiger partial charge is 0.264 e. The fourth-order valence-electron chi connectivity index (χ4n) is 10.8. The van der Waals surface area contributed by atoms with Gasteiger partial charge >= 0.3 is 0 Å². The Morgan fingerprint density at radius 1 is 0.658 bits per heavy atom. The molecule has 15 heteroatoms. The highest BCUT2D eigenvalue weighted by molar-refractivity contribution is 7.86. The average Bonchev–Trinajstić information content (AvgIpc) is 3.89. The molecular weight excluding hydrogens is 1030 g/mol. The third-order valence-electron chi connectivity index (χ3n) is 14.8. The Bertz CT molecular complexity index is 3600. The number of para-hydroxylation sites is 1. The monoisotopic (exact) mass is 1110 g/mol. The quantitative estimate of drug-likeness (QED) is 0.00813. The van der Waals surface area contributed by atoms with Crippen LogP contribution >= 0.6 is 0 Å². The Morgan fingerprint density at radius 3 is 1.81 bits per heavy atom. The van der Waals surface area contributed by atoms with Crippen LogP contribution in [0, 0.1) is 11.8 Å². The van der Waals surface area contributed by atoms with Crippen molar-refractivity contribution in [2.75, 3.05) is 49.1 Å². The van der Waals surface area contributed by atoms with Crippen molar-refractivity contribution in [3.05, 3.63) is 190 Å². The van der Waals surface area contributed by atoms with Gasteiger partial charge in [-0.2, -0.15) is 16.8 Å². The van der Waals surface area contributed by atoms with Crippen LogP contribution in [-0.2, 0) is 53.7 Å². The summed E-state index contributed by atoms with van der Waals surface area (Å²) in [6, 6.07) is 30.9. The Kier molecular flexibility index (Phi) is 19.6. The first-order valence-electron chi connectivity index (χ1n) is 27.0. The highest BCUT2D eigenvalue weighted by Gasteiger charge is 2.40. The largest absolute Gasteiger partial charge is 0.352 e. The Balaban J connectivity index is 1.33. The number of carbonyl (C=O) groups is 2. The number of nitrogens with zero attached hydrogens (tertiary/aromatic N) is 1. The molecule has 0 atom stereocenters. The molecule has 2 amide bonds. The summed E-state index contributed by atoms with van der Waals surface area (Å²) in [5.74, 6) is 6.01. The van der Waals surface area contributed by atoms with E-state index in [1.54, 1.807) is 13.8 Å². The molecule has 7 rings (SSSR count). The molecule has 416 valence electrons. The Hall–Kier alpha value is -6.90. The topological polar surface area (TPSA) is 194 Å². The maximum absolute atomic E-state index is 12.2. The minimum atomic E-state index is -4.18. The number of nitrogens with one attached hydrogen (secondary N) is 4. The molecule has 1 aliphatic heterocycles. The van der Waals surface area contributed by atoms with E-state index in [1.807, 2.05) is 60.7 Å².